The fraction of sp³-hybridized carbons (Fsp3) is 0.200. The Morgan fingerprint density at radius 2 is 0.931 bits per heavy atom. The van der Waals surface area contributed by atoms with E-state index in [-0.39, 0.29) is 7.14 Å². The van der Waals surface area contributed by atoms with Crippen LogP contribution in [0.4, 0.5) is 24.5 Å². The Morgan fingerprint density at radius 1 is 0.621 bits per heavy atom. The summed E-state index contributed by atoms with van der Waals surface area (Å²) < 4.78 is 37.8. The van der Waals surface area contributed by atoms with Crippen LogP contribution in [-0.4, -0.2) is 38.2 Å². The molecule has 0 bridgehead atoms. The van der Waals surface area contributed by atoms with Crippen LogP contribution in [0.15, 0.2) is 55.1 Å². The molecular formula is C20H21F3I2N4. The van der Waals surface area contributed by atoms with Crippen molar-refractivity contribution in [3.63, 3.8) is 0 Å². The van der Waals surface area contributed by atoms with Gasteiger partial charge in [-0.3, -0.25) is 9.97 Å². The average molecular weight is 628 g/mol. The Morgan fingerprint density at radius 3 is 1.17 bits per heavy atom. The summed E-state index contributed by atoms with van der Waals surface area (Å²) in [5.41, 5.74) is 2.37. The van der Waals surface area contributed by atoms with Gasteiger partial charge >= 0.3 is 0 Å². The maximum atomic E-state index is 12.5. The first-order valence-corrected chi connectivity index (χ1v) is 10.4. The smallest absolute Gasteiger partial charge is 0.196 e. The van der Waals surface area contributed by atoms with Crippen LogP contribution in [0.5, 0.6) is 0 Å². The maximum Gasteiger partial charge on any atom is 0.196 e. The molecule has 0 saturated carbocycles. The van der Waals surface area contributed by atoms with E-state index in [9.17, 15) is 13.2 Å². The van der Waals surface area contributed by atoms with Crippen LogP contribution in [0.2, 0.25) is 0 Å². The van der Waals surface area contributed by atoms with Gasteiger partial charge in [-0.2, -0.15) is 0 Å². The van der Waals surface area contributed by atoms with Crippen molar-refractivity contribution < 1.29 is 13.2 Å². The fourth-order valence-electron chi connectivity index (χ4n) is 1.83. The summed E-state index contributed by atoms with van der Waals surface area (Å²) in [7, 11) is 8.04. The topological polar surface area (TPSA) is 32.3 Å². The van der Waals surface area contributed by atoms with Gasteiger partial charge in [0.1, 0.15) is 0 Å². The zero-order valence-electron chi connectivity index (χ0n) is 16.4. The summed E-state index contributed by atoms with van der Waals surface area (Å²) in [5, 5.41) is 0. The minimum absolute atomic E-state index is 0.0888. The van der Waals surface area contributed by atoms with E-state index < -0.39 is 17.5 Å². The van der Waals surface area contributed by atoms with E-state index in [1.165, 1.54) is 17.4 Å². The van der Waals surface area contributed by atoms with Crippen LogP contribution in [0.25, 0.3) is 0 Å². The number of rotatable bonds is 2. The quantitative estimate of drug-likeness (QED) is 0.210. The molecule has 0 radical (unpaired) electrons. The highest BCUT2D eigenvalue weighted by atomic mass is 127. The highest BCUT2D eigenvalue weighted by molar-refractivity contribution is 14.1. The Hall–Kier alpha value is -1.63. The lowest BCUT2D eigenvalue weighted by atomic mass is 10.3. The van der Waals surface area contributed by atoms with E-state index >= 15 is 0 Å². The summed E-state index contributed by atoms with van der Waals surface area (Å²) in [6, 6.07) is 9.13. The van der Waals surface area contributed by atoms with Crippen molar-refractivity contribution in [3.05, 3.63) is 79.7 Å². The number of pyridine rings is 2. The summed E-state index contributed by atoms with van der Waals surface area (Å²) in [5.74, 6) is -3.65. The molecule has 29 heavy (non-hydrogen) atoms. The first kappa shape index (κ1) is 25.4. The van der Waals surface area contributed by atoms with E-state index in [0.29, 0.717) is 0 Å². The van der Waals surface area contributed by atoms with E-state index in [4.69, 9.17) is 0 Å². The summed E-state index contributed by atoms with van der Waals surface area (Å²) in [6.07, 6.45) is 7.15. The molecule has 2 heterocycles. The van der Waals surface area contributed by atoms with Gasteiger partial charge in [-0.05, 0) is 75.5 Å². The summed E-state index contributed by atoms with van der Waals surface area (Å²) in [6.45, 7) is 0. The molecule has 0 fully saturated rings. The Balaban J connectivity index is 0.000000219. The number of nitrogens with zero attached hydrogens (tertiary/aromatic N) is 4. The second-order valence-electron chi connectivity index (χ2n) is 5.98. The van der Waals surface area contributed by atoms with E-state index in [2.05, 4.69) is 9.97 Å². The van der Waals surface area contributed by atoms with Gasteiger partial charge in [-0.1, -0.05) is 0 Å². The molecule has 0 aliphatic carbocycles. The molecule has 0 saturated heterocycles. The van der Waals surface area contributed by atoms with Crippen LogP contribution in [-0.2, 0) is 0 Å². The maximum absolute atomic E-state index is 12.5. The number of aromatic nitrogens is 2. The number of hydrogen-bond acceptors (Lipinski definition) is 4. The lowest BCUT2D eigenvalue weighted by Crippen LogP contribution is -2.07. The molecule has 0 aliphatic rings. The third-order valence-corrected chi connectivity index (χ3v) is 4.99. The minimum atomic E-state index is -1.40. The van der Waals surface area contributed by atoms with E-state index in [0.717, 1.165) is 0 Å². The predicted octanol–water partition coefficient (Wildman–Crippen LogP) is 5.61. The van der Waals surface area contributed by atoms with Crippen molar-refractivity contribution >= 4 is 56.6 Å². The molecule has 156 valence electrons. The monoisotopic (exact) mass is 628 g/mol. The molecule has 0 spiro atoms. The Bertz CT molecular complexity index is 810. The molecule has 0 aliphatic heterocycles. The molecule has 9 heteroatoms. The molecule has 0 atom stereocenters. The number of halogens is 5. The molecule has 2 aromatic heterocycles. The lowest BCUT2D eigenvalue weighted by molar-refractivity contribution is 0.440. The summed E-state index contributed by atoms with van der Waals surface area (Å²) in [4.78, 5) is 11.9. The Kier molecular flexibility index (Phi) is 11.2. The highest BCUT2D eigenvalue weighted by Crippen LogP contribution is 2.21. The normalized spacial score (nSPS) is 9.55. The van der Waals surface area contributed by atoms with Crippen molar-refractivity contribution in [2.75, 3.05) is 38.0 Å². The first-order valence-electron chi connectivity index (χ1n) is 8.28. The van der Waals surface area contributed by atoms with Crippen LogP contribution >= 0.6 is 45.2 Å². The predicted molar refractivity (Wildman–Crippen MR) is 129 cm³/mol. The zero-order valence-corrected chi connectivity index (χ0v) is 20.7. The van der Waals surface area contributed by atoms with Crippen LogP contribution < -0.4 is 9.80 Å². The number of anilines is 2. The Labute approximate surface area is 196 Å². The van der Waals surface area contributed by atoms with Crippen molar-refractivity contribution in [1.29, 1.82) is 0 Å². The van der Waals surface area contributed by atoms with Crippen LogP contribution in [0.3, 0.4) is 0 Å². The molecule has 1 aromatic carbocycles. The van der Waals surface area contributed by atoms with Gasteiger partial charge in [0.2, 0.25) is 0 Å². The molecule has 3 aromatic rings. The highest BCUT2D eigenvalue weighted by Gasteiger charge is 2.15. The minimum Gasteiger partial charge on any atom is -0.378 e. The van der Waals surface area contributed by atoms with Gasteiger partial charge in [-0.25, -0.2) is 13.2 Å². The van der Waals surface area contributed by atoms with Gasteiger partial charge in [0.25, 0.3) is 0 Å². The first-order chi connectivity index (χ1) is 13.6. The average Bonchev–Trinajstić information content (AvgIpc) is 2.73. The molecule has 0 N–H and O–H groups in total. The second kappa shape index (κ2) is 12.8. The van der Waals surface area contributed by atoms with Gasteiger partial charge in [0.05, 0.1) is 7.14 Å². The molecule has 3 rings (SSSR count). The SMILES string of the molecule is CN(C)c1ccncc1.CN(C)c1ccncc1.Fc1c(I)cc(I)c(F)c1F. The van der Waals surface area contributed by atoms with E-state index in [1.807, 2.05) is 62.3 Å². The standard InChI is InChI=1S/2C7H10N2.C6HF3I2/c2*1-9(2)7-3-5-8-6-4-7;7-4-2(10)1-3(11)5(8)6(4)9/h2*3-6H,1-2H3;1H. The van der Waals surface area contributed by atoms with Crippen LogP contribution in [0, 0.1) is 24.6 Å². The van der Waals surface area contributed by atoms with Gasteiger partial charge in [0.15, 0.2) is 17.5 Å². The van der Waals surface area contributed by atoms with Gasteiger partial charge in [-0.15, -0.1) is 0 Å². The number of hydrogen-bond donors (Lipinski definition) is 0. The lowest BCUT2D eigenvalue weighted by Gasteiger charge is -2.10. The molecule has 0 unspecified atom stereocenters. The van der Waals surface area contributed by atoms with Crippen molar-refractivity contribution in [2.45, 2.75) is 0 Å². The molecule has 4 nitrogen and oxygen atoms in total. The third-order valence-electron chi connectivity index (χ3n) is 3.42. The van der Waals surface area contributed by atoms with Crippen molar-refractivity contribution in [1.82, 2.24) is 9.97 Å². The fourth-order valence-corrected chi connectivity index (χ4v) is 3.52. The third kappa shape index (κ3) is 8.72. The van der Waals surface area contributed by atoms with Gasteiger partial charge < -0.3 is 9.80 Å². The number of benzene rings is 1. The zero-order chi connectivity index (χ0) is 22.0. The van der Waals surface area contributed by atoms with Crippen LogP contribution in [0.1, 0.15) is 0 Å². The molecular weight excluding hydrogens is 607 g/mol. The summed E-state index contributed by atoms with van der Waals surface area (Å²) >= 11 is 3.21. The largest absolute Gasteiger partial charge is 0.378 e. The van der Waals surface area contributed by atoms with Gasteiger partial charge in [0, 0.05) is 64.4 Å². The molecule has 0 amide bonds. The van der Waals surface area contributed by atoms with Crippen molar-refractivity contribution in [3.8, 4) is 0 Å². The second-order valence-corrected chi connectivity index (χ2v) is 8.31. The van der Waals surface area contributed by atoms with Crippen molar-refractivity contribution in [2.24, 2.45) is 0 Å². The van der Waals surface area contributed by atoms with E-state index in [1.54, 1.807) is 70.0 Å².